The van der Waals surface area contributed by atoms with Gasteiger partial charge in [-0.2, -0.15) is 0 Å². The zero-order chi connectivity index (χ0) is 14.5. The molecule has 1 aromatic rings. The van der Waals surface area contributed by atoms with Crippen molar-refractivity contribution >= 4 is 17.2 Å². The minimum absolute atomic E-state index is 0.0324. The van der Waals surface area contributed by atoms with E-state index >= 15 is 0 Å². The Morgan fingerprint density at radius 1 is 1.53 bits per heavy atom. The lowest BCUT2D eigenvalue weighted by molar-refractivity contribution is -0.120. The van der Waals surface area contributed by atoms with E-state index in [1.54, 1.807) is 11.3 Å². The van der Waals surface area contributed by atoms with Crippen molar-refractivity contribution < 1.29 is 9.90 Å². The zero-order valence-corrected chi connectivity index (χ0v) is 13.0. The van der Waals surface area contributed by atoms with Crippen LogP contribution in [0.2, 0.25) is 0 Å². The predicted octanol–water partition coefficient (Wildman–Crippen LogP) is 2.26. The van der Waals surface area contributed by atoms with Gasteiger partial charge in [0, 0.05) is 17.3 Å². The summed E-state index contributed by atoms with van der Waals surface area (Å²) in [5.74, 6) is -0.0333. The Morgan fingerprint density at radius 2 is 2.21 bits per heavy atom. The molecule has 0 aromatic carbocycles. The summed E-state index contributed by atoms with van der Waals surface area (Å²) in [6.45, 7) is 8.78. The fraction of sp³-hybridized carbons (Fsp3) is 0.714. The number of carbonyl (C=O) groups excluding carboxylic acids is 1. The lowest BCUT2D eigenvalue weighted by Gasteiger charge is -2.13. The summed E-state index contributed by atoms with van der Waals surface area (Å²) < 4.78 is 0. The second-order valence-corrected chi connectivity index (χ2v) is 6.63. The van der Waals surface area contributed by atoms with Crippen LogP contribution >= 0.6 is 11.3 Å². The molecule has 0 saturated carbocycles. The molecule has 1 atom stereocenters. The number of aliphatic hydroxyl groups is 1. The molecule has 0 aliphatic heterocycles. The van der Waals surface area contributed by atoms with Crippen molar-refractivity contribution in [3.8, 4) is 0 Å². The van der Waals surface area contributed by atoms with Crippen molar-refractivity contribution in [3.63, 3.8) is 0 Å². The fourth-order valence-corrected chi connectivity index (χ4v) is 2.45. The van der Waals surface area contributed by atoms with Crippen LogP contribution in [0.25, 0.3) is 0 Å². The molecule has 2 N–H and O–H groups in total. The summed E-state index contributed by atoms with van der Waals surface area (Å²) in [5.41, 5.74) is 0.855. The van der Waals surface area contributed by atoms with Gasteiger partial charge in [0.05, 0.1) is 23.2 Å². The van der Waals surface area contributed by atoms with Gasteiger partial charge in [-0.15, -0.1) is 11.3 Å². The number of thiazole rings is 1. The van der Waals surface area contributed by atoms with Gasteiger partial charge < -0.3 is 10.4 Å². The second-order valence-electron chi connectivity index (χ2n) is 5.77. The number of nitrogens with zero attached hydrogens (tertiary/aromatic N) is 1. The first-order chi connectivity index (χ1) is 8.82. The van der Waals surface area contributed by atoms with Crippen LogP contribution < -0.4 is 5.32 Å². The first-order valence-corrected chi connectivity index (χ1v) is 7.60. The molecule has 4 nitrogen and oxygen atoms in total. The second kappa shape index (κ2) is 7.01. The van der Waals surface area contributed by atoms with Gasteiger partial charge in [0.2, 0.25) is 5.91 Å². The molecule has 1 amide bonds. The number of aliphatic hydroxyl groups excluding tert-OH is 1. The molecule has 0 bridgehead atoms. The fourth-order valence-electron chi connectivity index (χ4n) is 1.54. The highest BCUT2D eigenvalue weighted by atomic mass is 32.1. The molecule has 0 radical (unpaired) electrons. The maximum absolute atomic E-state index is 11.7. The molecule has 1 unspecified atom stereocenters. The van der Waals surface area contributed by atoms with Crippen LogP contribution in [0.4, 0.5) is 0 Å². The normalized spacial score (nSPS) is 13.3. The van der Waals surface area contributed by atoms with Crippen molar-refractivity contribution in [1.82, 2.24) is 10.3 Å². The highest BCUT2D eigenvalue weighted by Gasteiger charge is 2.18. The molecule has 5 heteroatoms. The van der Waals surface area contributed by atoms with Gasteiger partial charge in [0.15, 0.2) is 0 Å². The van der Waals surface area contributed by atoms with Crippen molar-refractivity contribution in [2.75, 3.05) is 6.54 Å². The molecule has 1 rings (SSSR count). The van der Waals surface area contributed by atoms with Gasteiger partial charge in [0.1, 0.15) is 0 Å². The molecular weight excluding hydrogens is 260 g/mol. The van der Waals surface area contributed by atoms with E-state index in [1.165, 1.54) is 0 Å². The zero-order valence-electron chi connectivity index (χ0n) is 12.2. The number of carbonyl (C=O) groups is 1. The highest BCUT2D eigenvalue weighted by molar-refractivity contribution is 7.09. The largest absolute Gasteiger partial charge is 0.393 e. The number of hydrogen-bond acceptors (Lipinski definition) is 4. The van der Waals surface area contributed by atoms with Crippen molar-refractivity contribution in [2.45, 2.75) is 58.5 Å². The highest BCUT2D eigenvalue weighted by Crippen LogP contribution is 2.25. The number of hydrogen-bond donors (Lipinski definition) is 2. The smallest absolute Gasteiger partial charge is 0.226 e. The summed E-state index contributed by atoms with van der Waals surface area (Å²) in [6, 6.07) is 0. The molecule has 108 valence electrons. The molecule has 0 fully saturated rings. The van der Waals surface area contributed by atoms with Crippen LogP contribution in [0.3, 0.4) is 0 Å². The Kier molecular flexibility index (Phi) is 5.94. The molecule has 1 aromatic heterocycles. The summed E-state index contributed by atoms with van der Waals surface area (Å²) in [4.78, 5) is 16.2. The van der Waals surface area contributed by atoms with Gasteiger partial charge in [-0.1, -0.05) is 27.7 Å². The first-order valence-electron chi connectivity index (χ1n) is 6.72. The van der Waals surface area contributed by atoms with Gasteiger partial charge in [0.25, 0.3) is 0 Å². The van der Waals surface area contributed by atoms with E-state index in [9.17, 15) is 9.90 Å². The summed E-state index contributed by atoms with van der Waals surface area (Å²) in [5, 5.41) is 15.2. The van der Waals surface area contributed by atoms with E-state index < -0.39 is 0 Å². The number of nitrogens with one attached hydrogen (secondary N) is 1. The van der Waals surface area contributed by atoms with E-state index in [0.29, 0.717) is 19.4 Å². The van der Waals surface area contributed by atoms with E-state index in [-0.39, 0.29) is 17.4 Å². The Balaban J connectivity index is 2.38. The van der Waals surface area contributed by atoms with Gasteiger partial charge in [-0.3, -0.25) is 4.79 Å². The molecular formula is C14H24N2O2S. The van der Waals surface area contributed by atoms with Crippen LogP contribution in [0.5, 0.6) is 0 Å². The van der Waals surface area contributed by atoms with E-state index in [1.807, 2.05) is 12.3 Å². The van der Waals surface area contributed by atoms with E-state index in [0.717, 1.165) is 17.1 Å². The third-order valence-electron chi connectivity index (χ3n) is 2.81. The molecule has 0 saturated heterocycles. The monoisotopic (exact) mass is 284 g/mol. The van der Waals surface area contributed by atoms with Gasteiger partial charge in [-0.05, 0) is 12.8 Å². The van der Waals surface area contributed by atoms with Gasteiger partial charge >= 0.3 is 0 Å². The number of aromatic nitrogens is 1. The molecule has 0 aliphatic carbocycles. The Bertz CT molecular complexity index is 410. The lowest BCUT2D eigenvalue weighted by Crippen LogP contribution is -2.28. The van der Waals surface area contributed by atoms with Crippen LogP contribution in [0, 0.1) is 0 Å². The third kappa shape index (κ3) is 5.70. The van der Waals surface area contributed by atoms with Crippen molar-refractivity contribution in [3.05, 3.63) is 16.1 Å². The van der Waals surface area contributed by atoms with Crippen LogP contribution in [0.15, 0.2) is 5.38 Å². The molecule has 19 heavy (non-hydrogen) atoms. The lowest BCUT2D eigenvalue weighted by atomic mass is 9.98. The van der Waals surface area contributed by atoms with Crippen LogP contribution in [-0.4, -0.2) is 28.6 Å². The number of rotatable bonds is 6. The van der Waals surface area contributed by atoms with Crippen molar-refractivity contribution in [2.24, 2.45) is 0 Å². The number of amides is 1. The SMILES string of the molecule is CCC(O)CCNC(=O)Cc1csc(C(C)(C)C)n1. The van der Waals surface area contributed by atoms with E-state index in [4.69, 9.17) is 0 Å². The summed E-state index contributed by atoms with van der Waals surface area (Å²) >= 11 is 1.60. The van der Waals surface area contributed by atoms with Crippen molar-refractivity contribution in [1.29, 1.82) is 0 Å². The minimum atomic E-state index is -0.327. The predicted molar refractivity (Wildman–Crippen MR) is 78.4 cm³/mol. The molecule has 0 spiro atoms. The summed E-state index contributed by atoms with van der Waals surface area (Å²) in [6.07, 6.45) is 1.31. The maximum Gasteiger partial charge on any atom is 0.226 e. The first kappa shape index (κ1) is 16.1. The van der Waals surface area contributed by atoms with E-state index in [2.05, 4.69) is 31.1 Å². The molecule has 1 heterocycles. The van der Waals surface area contributed by atoms with Gasteiger partial charge in [-0.25, -0.2) is 4.98 Å². The van der Waals surface area contributed by atoms with Crippen LogP contribution in [-0.2, 0) is 16.6 Å². The Labute approximate surface area is 119 Å². The Hall–Kier alpha value is -0.940. The quantitative estimate of drug-likeness (QED) is 0.842. The Morgan fingerprint density at radius 3 is 2.74 bits per heavy atom. The standard InChI is InChI=1S/C14H24N2O2S/c1-5-11(17)6-7-15-12(18)8-10-9-19-13(16-10)14(2,3)4/h9,11,17H,5-8H2,1-4H3,(H,15,18). The molecule has 0 aliphatic rings. The third-order valence-corrected chi connectivity index (χ3v) is 4.12. The van der Waals surface area contributed by atoms with Crippen LogP contribution in [0.1, 0.15) is 51.2 Å². The minimum Gasteiger partial charge on any atom is -0.393 e. The maximum atomic E-state index is 11.7. The average molecular weight is 284 g/mol. The topological polar surface area (TPSA) is 62.2 Å². The average Bonchev–Trinajstić information content (AvgIpc) is 2.77. The summed E-state index contributed by atoms with van der Waals surface area (Å²) in [7, 11) is 0.